The van der Waals surface area contributed by atoms with Crippen molar-refractivity contribution < 1.29 is 9.21 Å². The van der Waals surface area contributed by atoms with E-state index in [1.807, 2.05) is 20.8 Å². The van der Waals surface area contributed by atoms with Gasteiger partial charge in [0.05, 0.1) is 23.4 Å². The number of nitrogens with one attached hydrogen (secondary N) is 3. The first kappa shape index (κ1) is 21.4. The second-order valence-electron chi connectivity index (χ2n) is 5.12. The number of thiazole rings is 1. The molecule has 0 aliphatic heterocycles. The van der Waals surface area contributed by atoms with Gasteiger partial charge in [-0.15, -0.1) is 35.3 Å². The lowest BCUT2D eigenvalue weighted by Gasteiger charge is -2.11. The fourth-order valence-electron chi connectivity index (χ4n) is 1.95. The fourth-order valence-corrected chi connectivity index (χ4v) is 2.67. The number of amides is 1. The van der Waals surface area contributed by atoms with Gasteiger partial charge in [-0.25, -0.2) is 9.97 Å². The van der Waals surface area contributed by atoms with Crippen molar-refractivity contribution in [3.8, 4) is 0 Å². The highest BCUT2D eigenvalue weighted by Gasteiger charge is 2.11. The number of rotatable bonds is 6. The second-order valence-corrected chi connectivity index (χ2v) is 5.98. The Balaban J connectivity index is 0.00000312. The zero-order chi connectivity index (χ0) is 17.5. The summed E-state index contributed by atoms with van der Waals surface area (Å²) in [5.74, 6) is 1.94. The minimum Gasteiger partial charge on any atom is -0.444 e. The lowest BCUT2D eigenvalue weighted by Crippen LogP contribution is -2.41. The molecular formula is C15H23IN6O2S. The molecule has 0 aliphatic rings. The molecule has 0 spiro atoms. The molecule has 10 heteroatoms. The molecule has 138 valence electrons. The second kappa shape index (κ2) is 10.3. The number of carbonyl (C=O) groups excluding carboxylic acids is 1. The summed E-state index contributed by atoms with van der Waals surface area (Å²) in [6.45, 7) is 7.08. The predicted molar refractivity (Wildman–Crippen MR) is 109 cm³/mol. The first-order valence-electron chi connectivity index (χ1n) is 7.57. The average Bonchev–Trinajstić information content (AvgIpc) is 3.12. The number of halogens is 1. The first-order valence-corrected chi connectivity index (χ1v) is 8.45. The molecule has 1 amide bonds. The lowest BCUT2D eigenvalue weighted by molar-refractivity contribution is 0.0957. The van der Waals surface area contributed by atoms with Crippen molar-refractivity contribution in [1.29, 1.82) is 0 Å². The van der Waals surface area contributed by atoms with Gasteiger partial charge >= 0.3 is 0 Å². The monoisotopic (exact) mass is 478 g/mol. The molecule has 2 aromatic heterocycles. The van der Waals surface area contributed by atoms with Crippen LogP contribution in [0.5, 0.6) is 0 Å². The van der Waals surface area contributed by atoms with Gasteiger partial charge in [0, 0.05) is 20.1 Å². The van der Waals surface area contributed by atoms with E-state index >= 15 is 0 Å². The van der Waals surface area contributed by atoms with Gasteiger partial charge in [0.2, 0.25) is 5.89 Å². The third-order valence-electron chi connectivity index (χ3n) is 3.36. The van der Waals surface area contributed by atoms with E-state index in [0.29, 0.717) is 36.4 Å². The van der Waals surface area contributed by atoms with Crippen LogP contribution in [0, 0.1) is 20.8 Å². The molecule has 0 bridgehead atoms. The molecule has 0 aromatic carbocycles. The number of aryl methyl sites for hydroxylation is 3. The maximum atomic E-state index is 12.0. The zero-order valence-electron chi connectivity index (χ0n) is 14.7. The molecule has 2 rings (SSSR count). The Labute approximate surface area is 167 Å². The van der Waals surface area contributed by atoms with Gasteiger partial charge in [-0.1, -0.05) is 0 Å². The lowest BCUT2D eigenvalue weighted by atomic mass is 10.4. The van der Waals surface area contributed by atoms with E-state index in [1.54, 1.807) is 12.6 Å². The van der Waals surface area contributed by atoms with Crippen molar-refractivity contribution in [3.05, 3.63) is 33.4 Å². The summed E-state index contributed by atoms with van der Waals surface area (Å²) in [5.41, 5.74) is 3.30. The molecule has 0 aliphatic carbocycles. The van der Waals surface area contributed by atoms with Gasteiger partial charge in [0.15, 0.2) is 5.96 Å². The molecule has 3 N–H and O–H groups in total. The highest BCUT2D eigenvalue weighted by Crippen LogP contribution is 2.11. The Morgan fingerprint density at radius 3 is 2.48 bits per heavy atom. The summed E-state index contributed by atoms with van der Waals surface area (Å²) < 4.78 is 5.50. The number of carbonyl (C=O) groups is 1. The zero-order valence-corrected chi connectivity index (χ0v) is 17.8. The Hall–Kier alpha value is -1.69. The van der Waals surface area contributed by atoms with E-state index in [4.69, 9.17) is 4.42 Å². The normalized spacial score (nSPS) is 11.0. The molecule has 8 nitrogen and oxygen atoms in total. The predicted octanol–water partition coefficient (Wildman–Crippen LogP) is 1.77. The third-order valence-corrected chi connectivity index (χ3v) is 4.29. The molecule has 0 fully saturated rings. The van der Waals surface area contributed by atoms with Crippen LogP contribution < -0.4 is 16.0 Å². The van der Waals surface area contributed by atoms with Crippen molar-refractivity contribution in [3.63, 3.8) is 0 Å². The molecule has 25 heavy (non-hydrogen) atoms. The van der Waals surface area contributed by atoms with Crippen LogP contribution in [-0.4, -0.2) is 42.0 Å². The highest BCUT2D eigenvalue weighted by atomic mass is 127. The topological polar surface area (TPSA) is 104 Å². The maximum Gasteiger partial charge on any atom is 0.263 e. The largest absolute Gasteiger partial charge is 0.444 e. The fraction of sp³-hybridized carbons (Fsp3) is 0.467. The number of aliphatic imine (C=N–C) groups is 1. The SMILES string of the molecule is CN=C(NCCNC(=O)c1scnc1C)NCc1nc(C)c(C)o1.I. The molecule has 0 saturated carbocycles. The molecule has 2 aromatic rings. The number of hydrogen-bond acceptors (Lipinski definition) is 6. The molecule has 0 saturated heterocycles. The van der Waals surface area contributed by atoms with E-state index in [-0.39, 0.29) is 29.9 Å². The summed E-state index contributed by atoms with van der Waals surface area (Å²) in [4.78, 5) is 25.1. The summed E-state index contributed by atoms with van der Waals surface area (Å²) in [6.07, 6.45) is 0. The van der Waals surface area contributed by atoms with Crippen molar-refractivity contribution in [2.75, 3.05) is 20.1 Å². The van der Waals surface area contributed by atoms with E-state index in [1.165, 1.54) is 11.3 Å². The highest BCUT2D eigenvalue weighted by molar-refractivity contribution is 14.0. The van der Waals surface area contributed by atoms with Gasteiger partial charge in [0.1, 0.15) is 10.6 Å². The molecule has 0 atom stereocenters. The number of hydrogen-bond donors (Lipinski definition) is 3. The number of oxazole rings is 1. The van der Waals surface area contributed by atoms with Gasteiger partial charge in [-0.3, -0.25) is 9.79 Å². The van der Waals surface area contributed by atoms with E-state index in [0.717, 1.165) is 17.1 Å². The van der Waals surface area contributed by atoms with Crippen LogP contribution in [-0.2, 0) is 6.54 Å². The van der Waals surface area contributed by atoms with E-state index in [2.05, 4.69) is 30.9 Å². The Morgan fingerprint density at radius 1 is 1.20 bits per heavy atom. The average molecular weight is 478 g/mol. The quantitative estimate of drug-likeness (QED) is 0.253. The van der Waals surface area contributed by atoms with Crippen LogP contribution in [0.4, 0.5) is 0 Å². The summed E-state index contributed by atoms with van der Waals surface area (Å²) >= 11 is 1.34. The van der Waals surface area contributed by atoms with Gasteiger partial charge < -0.3 is 20.4 Å². The standard InChI is InChI=1S/C15H22N6O2S.HI/c1-9-11(3)23-12(21-9)7-19-15(16-4)18-6-5-17-14(22)13-10(2)20-8-24-13;/h8H,5-7H2,1-4H3,(H,17,22)(H2,16,18,19);1H. The van der Waals surface area contributed by atoms with Gasteiger partial charge in [-0.2, -0.15) is 0 Å². The van der Waals surface area contributed by atoms with Gasteiger partial charge in [0.25, 0.3) is 5.91 Å². The van der Waals surface area contributed by atoms with Crippen LogP contribution in [0.3, 0.4) is 0 Å². The van der Waals surface area contributed by atoms with Crippen molar-refractivity contribution in [2.45, 2.75) is 27.3 Å². The van der Waals surface area contributed by atoms with Crippen LogP contribution in [0.15, 0.2) is 14.9 Å². The van der Waals surface area contributed by atoms with Crippen molar-refractivity contribution >= 4 is 47.2 Å². The van der Waals surface area contributed by atoms with Crippen molar-refractivity contribution in [2.24, 2.45) is 4.99 Å². The summed E-state index contributed by atoms with van der Waals surface area (Å²) in [6, 6.07) is 0. The molecular weight excluding hydrogens is 455 g/mol. The first-order chi connectivity index (χ1) is 11.5. The van der Waals surface area contributed by atoms with Crippen molar-refractivity contribution in [1.82, 2.24) is 25.9 Å². The molecule has 2 heterocycles. The number of aromatic nitrogens is 2. The van der Waals surface area contributed by atoms with Crippen LogP contribution in [0.25, 0.3) is 0 Å². The minimum atomic E-state index is -0.106. The Bertz CT molecular complexity index is 708. The van der Waals surface area contributed by atoms with E-state index < -0.39 is 0 Å². The summed E-state index contributed by atoms with van der Waals surface area (Å²) in [5, 5.41) is 9.08. The smallest absolute Gasteiger partial charge is 0.263 e. The molecule has 0 radical (unpaired) electrons. The van der Waals surface area contributed by atoms with Crippen LogP contribution in [0.2, 0.25) is 0 Å². The summed E-state index contributed by atoms with van der Waals surface area (Å²) in [7, 11) is 1.68. The van der Waals surface area contributed by atoms with Crippen LogP contribution in [0.1, 0.15) is 32.7 Å². The third kappa shape index (κ3) is 6.27. The van der Waals surface area contributed by atoms with E-state index in [9.17, 15) is 4.79 Å². The number of nitrogens with zero attached hydrogens (tertiary/aromatic N) is 3. The Morgan fingerprint density at radius 2 is 1.92 bits per heavy atom. The maximum absolute atomic E-state index is 12.0. The minimum absolute atomic E-state index is 0. The molecule has 0 unspecified atom stereocenters. The Kier molecular flexibility index (Phi) is 8.83. The van der Waals surface area contributed by atoms with Crippen LogP contribution >= 0.6 is 35.3 Å². The van der Waals surface area contributed by atoms with Gasteiger partial charge in [-0.05, 0) is 20.8 Å². The number of guanidine groups is 1.